The molecule has 0 aliphatic carbocycles. The smallest absolute Gasteiger partial charge is 0.283 e. The van der Waals surface area contributed by atoms with Gasteiger partial charge in [-0.15, -0.1) is 0 Å². The van der Waals surface area contributed by atoms with Crippen molar-refractivity contribution in [3.63, 3.8) is 0 Å². The Labute approximate surface area is 115 Å². The molecule has 0 saturated heterocycles. The number of anilines is 1. The lowest BCUT2D eigenvalue weighted by Gasteiger charge is -2.09. The fraction of sp³-hybridized carbons (Fsp3) is 0.500. The Bertz CT molecular complexity index is 479. The zero-order chi connectivity index (χ0) is 13.5. The molecule has 1 aromatic heterocycles. The second-order valence-corrected chi connectivity index (χ2v) is 4.85. The normalized spacial score (nSPS) is 10.2. The van der Waals surface area contributed by atoms with Gasteiger partial charge >= 0.3 is 0 Å². The molecule has 0 atom stereocenters. The quantitative estimate of drug-likeness (QED) is 0.816. The summed E-state index contributed by atoms with van der Waals surface area (Å²) in [4.78, 5) is 11.9. The van der Waals surface area contributed by atoms with Crippen molar-refractivity contribution in [1.29, 1.82) is 0 Å². The predicted molar refractivity (Wildman–Crippen MR) is 76.0 cm³/mol. The number of nitrogens with one attached hydrogen (secondary N) is 1. The first-order chi connectivity index (χ1) is 8.56. The number of rotatable bonds is 6. The van der Waals surface area contributed by atoms with Crippen LogP contribution in [0, 0.1) is 0 Å². The zero-order valence-corrected chi connectivity index (χ0v) is 12.5. The number of halogens is 1. The lowest BCUT2D eigenvalue weighted by Crippen LogP contribution is -2.26. The van der Waals surface area contributed by atoms with Crippen LogP contribution < -0.4 is 10.9 Å². The number of nitrogens with zero attached hydrogens (tertiary/aromatic N) is 2. The van der Waals surface area contributed by atoms with E-state index in [-0.39, 0.29) is 5.56 Å². The first kappa shape index (κ1) is 14.9. The summed E-state index contributed by atoms with van der Waals surface area (Å²) in [5.74, 6) is 0. The zero-order valence-electron chi connectivity index (χ0n) is 10.9. The van der Waals surface area contributed by atoms with Crippen LogP contribution in [0.5, 0.6) is 0 Å². The number of hydrogen-bond donors (Lipinski definition) is 1. The van der Waals surface area contributed by atoms with Crippen LogP contribution in [-0.4, -0.2) is 30.0 Å². The maximum atomic E-state index is 11.9. The van der Waals surface area contributed by atoms with Crippen LogP contribution in [0.2, 0.25) is 0 Å². The van der Waals surface area contributed by atoms with Gasteiger partial charge in [-0.25, -0.2) is 4.68 Å². The molecular formula is C12H18BrN3O2. The number of aromatic nitrogens is 2. The Morgan fingerprint density at radius 3 is 2.94 bits per heavy atom. The van der Waals surface area contributed by atoms with E-state index in [2.05, 4.69) is 26.3 Å². The first-order valence-corrected chi connectivity index (χ1v) is 6.47. The van der Waals surface area contributed by atoms with Crippen LogP contribution in [0.4, 0.5) is 5.69 Å². The summed E-state index contributed by atoms with van der Waals surface area (Å²) in [5.41, 5.74) is 1.76. The van der Waals surface area contributed by atoms with Gasteiger partial charge in [0.2, 0.25) is 0 Å². The Kier molecular flexibility index (Phi) is 6.07. The van der Waals surface area contributed by atoms with E-state index in [1.807, 2.05) is 19.9 Å². The number of allylic oxidation sites excluding steroid dienone is 1. The van der Waals surface area contributed by atoms with Crippen molar-refractivity contribution in [3.8, 4) is 0 Å². The molecule has 0 radical (unpaired) electrons. The maximum Gasteiger partial charge on any atom is 0.283 e. The van der Waals surface area contributed by atoms with Gasteiger partial charge in [0.15, 0.2) is 0 Å². The molecule has 5 nitrogen and oxygen atoms in total. The molecule has 6 heteroatoms. The third kappa shape index (κ3) is 4.27. The molecule has 0 bridgehead atoms. The Morgan fingerprint density at radius 2 is 2.33 bits per heavy atom. The monoisotopic (exact) mass is 315 g/mol. The van der Waals surface area contributed by atoms with Gasteiger partial charge in [0.25, 0.3) is 5.56 Å². The highest BCUT2D eigenvalue weighted by molar-refractivity contribution is 9.10. The Balaban J connectivity index is 2.80. The average molecular weight is 316 g/mol. The van der Waals surface area contributed by atoms with E-state index >= 15 is 0 Å². The Morgan fingerprint density at radius 1 is 1.61 bits per heavy atom. The minimum Gasteiger partial charge on any atom is -0.383 e. The van der Waals surface area contributed by atoms with Gasteiger partial charge in [0.05, 0.1) is 25.0 Å². The summed E-state index contributed by atoms with van der Waals surface area (Å²) in [6, 6.07) is 0. The molecule has 1 heterocycles. The second-order valence-electron chi connectivity index (χ2n) is 4.06. The third-order valence-corrected chi connectivity index (χ3v) is 3.06. The molecular weight excluding hydrogens is 298 g/mol. The topological polar surface area (TPSA) is 56.1 Å². The molecule has 0 aromatic carbocycles. The van der Waals surface area contributed by atoms with Gasteiger partial charge < -0.3 is 10.1 Å². The minimum atomic E-state index is -0.158. The van der Waals surface area contributed by atoms with E-state index in [9.17, 15) is 4.79 Å². The lowest BCUT2D eigenvalue weighted by molar-refractivity contribution is 0.181. The van der Waals surface area contributed by atoms with Crippen LogP contribution in [0.1, 0.15) is 13.8 Å². The molecule has 1 N–H and O–H groups in total. The molecule has 0 unspecified atom stereocenters. The van der Waals surface area contributed by atoms with Crippen molar-refractivity contribution in [2.75, 3.05) is 25.6 Å². The van der Waals surface area contributed by atoms with Crippen LogP contribution in [-0.2, 0) is 11.3 Å². The van der Waals surface area contributed by atoms with Gasteiger partial charge in [-0.3, -0.25) is 4.79 Å². The van der Waals surface area contributed by atoms with Crippen LogP contribution in [0.25, 0.3) is 0 Å². The molecule has 0 saturated carbocycles. The van der Waals surface area contributed by atoms with Crippen molar-refractivity contribution < 1.29 is 4.74 Å². The molecule has 0 spiro atoms. The molecule has 0 aliphatic rings. The second kappa shape index (κ2) is 7.33. The van der Waals surface area contributed by atoms with Gasteiger partial charge in [-0.2, -0.15) is 5.10 Å². The van der Waals surface area contributed by atoms with Crippen LogP contribution in [0.15, 0.2) is 27.1 Å². The van der Waals surface area contributed by atoms with Gasteiger partial charge in [0, 0.05) is 13.7 Å². The SMILES string of the molecule is COCCn1ncc(NCC=C(C)C)c(Br)c1=O. The molecule has 100 valence electrons. The molecule has 0 fully saturated rings. The average Bonchev–Trinajstić information content (AvgIpc) is 2.33. The fourth-order valence-electron chi connectivity index (χ4n) is 1.29. The first-order valence-electron chi connectivity index (χ1n) is 5.68. The van der Waals surface area contributed by atoms with Gasteiger partial charge in [-0.05, 0) is 29.8 Å². The van der Waals surface area contributed by atoms with E-state index in [0.29, 0.717) is 29.9 Å². The summed E-state index contributed by atoms with van der Waals surface area (Å²) in [6.07, 6.45) is 3.68. The fourth-order valence-corrected chi connectivity index (χ4v) is 1.74. The molecule has 18 heavy (non-hydrogen) atoms. The van der Waals surface area contributed by atoms with Crippen LogP contribution >= 0.6 is 15.9 Å². The van der Waals surface area contributed by atoms with E-state index in [4.69, 9.17) is 4.74 Å². The summed E-state index contributed by atoms with van der Waals surface area (Å²) >= 11 is 3.29. The molecule has 1 rings (SSSR count). The predicted octanol–water partition coefficient (Wildman–Crippen LogP) is 2.03. The van der Waals surface area contributed by atoms with Crippen molar-refractivity contribution in [3.05, 3.63) is 32.7 Å². The van der Waals surface area contributed by atoms with E-state index in [1.165, 1.54) is 10.3 Å². The lowest BCUT2D eigenvalue weighted by atomic mass is 10.3. The van der Waals surface area contributed by atoms with E-state index in [0.717, 1.165) is 0 Å². The van der Waals surface area contributed by atoms with Crippen molar-refractivity contribution in [2.45, 2.75) is 20.4 Å². The van der Waals surface area contributed by atoms with Gasteiger partial charge in [0.1, 0.15) is 4.47 Å². The van der Waals surface area contributed by atoms with Crippen molar-refractivity contribution in [2.24, 2.45) is 0 Å². The number of ether oxygens (including phenoxy) is 1. The highest BCUT2D eigenvalue weighted by Gasteiger charge is 2.07. The molecule has 1 aromatic rings. The standard InChI is InChI=1S/C12H18BrN3O2/c1-9(2)4-5-14-10-8-15-16(6-7-18-3)12(17)11(10)13/h4,8,14H,5-7H2,1-3H3. The maximum absolute atomic E-state index is 11.9. The number of hydrogen-bond acceptors (Lipinski definition) is 4. The summed E-state index contributed by atoms with van der Waals surface area (Å²) in [7, 11) is 1.59. The minimum absolute atomic E-state index is 0.158. The highest BCUT2D eigenvalue weighted by Crippen LogP contribution is 2.15. The van der Waals surface area contributed by atoms with Gasteiger partial charge in [-0.1, -0.05) is 11.6 Å². The summed E-state index contributed by atoms with van der Waals surface area (Å²) in [5, 5.41) is 7.22. The molecule has 0 amide bonds. The largest absolute Gasteiger partial charge is 0.383 e. The van der Waals surface area contributed by atoms with Crippen LogP contribution in [0.3, 0.4) is 0 Å². The number of methoxy groups -OCH3 is 1. The molecule has 0 aliphatic heterocycles. The summed E-state index contributed by atoms with van der Waals surface area (Å²) in [6.45, 7) is 5.63. The third-order valence-electron chi connectivity index (χ3n) is 2.29. The highest BCUT2D eigenvalue weighted by atomic mass is 79.9. The van der Waals surface area contributed by atoms with E-state index < -0.39 is 0 Å². The van der Waals surface area contributed by atoms with Crippen molar-refractivity contribution in [1.82, 2.24) is 9.78 Å². The summed E-state index contributed by atoms with van der Waals surface area (Å²) < 4.78 is 6.79. The van der Waals surface area contributed by atoms with Crippen molar-refractivity contribution >= 4 is 21.6 Å². The Hall–Kier alpha value is -1.14. The van der Waals surface area contributed by atoms with E-state index in [1.54, 1.807) is 13.3 Å².